The van der Waals surface area contributed by atoms with E-state index in [2.05, 4.69) is 45.3 Å². The number of nitrogens with zero attached hydrogens (tertiary/aromatic N) is 4. The normalized spacial score (nSPS) is 12.4. The molecule has 0 radical (unpaired) electrons. The summed E-state index contributed by atoms with van der Waals surface area (Å²) in [7, 11) is 0. The van der Waals surface area contributed by atoms with Crippen LogP contribution in [0.5, 0.6) is 0 Å². The van der Waals surface area contributed by atoms with Crippen LogP contribution in [0, 0.1) is 0 Å². The van der Waals surface area contributed by atoms with Crippen LogP contribution >= 0.6 is 0 Å². The average Bonchev–Trinajstić information content (AvgIpc) is 3.19. The van der Waals surface area contributed by atoms with Crippen molar-refractivity contribution in [2.24, 2.45) is 0 Å². The van der Waals surface area contributed by atoms with Gasteiger partial charge in [-0.05, 0) is 34.9 Å². The number of hydrogen-bond donors (Lipinski definition) is 0. The van der Waals surface area contributed by atoms with Gasteiger partial charge >= 0.3 is 0 Å². The van der Waals surface area contributed by atoms with Gasteiger partial charge in [0.25, 0.3) is 5.56 Å². The summed E-state index contributed by atoms with van der Waals surface area (Å²) in [5.41, 5.74) is 6.46. The zero-order valence-corrected chi connectivity index (χ0v) is 14.5. The van der Waals surface area contributed by atoms with Crippen LogP contribution in [-0.4, -0.2) is 19.5 Å². The van der Waals surface area contributed by atoms with Gasteiger partial charge < -0.3 is 0 Å². The molecule has 5 nitrogen and oxygen atoms in total. The van der Waals surface area contributed by atoms with E-state index in [1.807, 2.05) is 18.3 Å². The lowest BCUT2D eigenvalue weighted by Gasteiger charge is -2.08. The third-order valence-corrected chi connectivity index (χ3v) is 4.84. The van der Waals surface area contributed by atoms with E-state index in [0.29, 0.717) is 17.6 Å². The molecule has 0 N–H and O–H groups in total. The summed E-state index contributed by atoms with van der Waals surface area (Å²) in [6.45, 7) is 0.462. The maximum atomic E-state index is 12.6. The number of rotatable bonds is 3. The van der Waals surface area contributed by atoms with Crippen LogP contribution < -0.4 is 5.56 Å². The fourth-order valence-corrected chi connectivity index (χ4v) is 3.38. The molecular weight excluding hydrogens is 336 g/mol. The number of hydrogen-bond acceptors (Lipinski definition) is 4. The minimum atomic E-state index is -0.126. The molecule has 0 bridgehead atoms. The molecule has 3 aromatic heterocycles. The van der Waals surface area contributed by atoms with Gasteiger partial charge in [-0.1, -0.05) is 36.4 Å². The summed E-state index contributed by atoms with van der Waals surface area (Å²) in [5.74, 6) is 0. The van der Waals surface area contributed by atoms with E-state index in [1.54, 1.807) is 29.2 Å². The zero-order valence-electron chi connectivity index (χ0n) is 14.5. The minimum absolute atomic E-state index is 0.126. The molecule has 27 heavy (non-hydrogen) atoms. The third-order valence-electron chi connectivity index (χ3n) is 4.84. The highest BCUT2D eigenvalue weighted by molar-refractivity contribution is 5.72. The Balaban J connectivity index is 1.43. The van der Waals surface area contributed by atoms with Gasteiger partial charge in [0.2, 0.25) is 0 Å². The predicted octanol–water partition coefficient (Wildman–Crippen LogP) is 3.47. The fourth-order valence-electron chi connectivity index (χ4n) is 3.38. The van der Waals surface area contributed by atoms with Gasteiger partial charge in [0, 0.05) is 24.4 Å². The molecule has 0 saturated heterocycles. The molecule has 4 aromatic rings. The van der Waals surface area contributed by atoms with Gasteiger partial charge in [0.1, 0.15) is 0 Å². The van der Waals surface area contributed by atoms with E-state index >= 15 is 0 Å². The van der Waals surface area contributed by atoms with Crippen molar-refractivity contribution in [2.75, 3.05) is 0 Å². The van der Waals surface area contributed by atoms with Gasteiger partial charge in [0.05, 0.1) is 24.1 Å². The molecule has 5 rings (SSSR count). The van der Waals surface area contributed by atoms with Crippen molar-refractivity contribution in [1.82, 2.24) is 19.5 Å². The van der Waals surface area contributed by atoms with E-state index in [9.17, 15) is 4.79 Å². The van der Waals surface area contributed by atoms with E-state index in [4.69, 9.17) is 0 Å². The first kappa shape index (κ1) is 15.6. The first-order valence-electron chi connectivity index (χ1n) is 8.83. The Hall–Kier alpha value is -3.60. The van der Waals surface area contributed by atoms with E-state index in [1.165, 1.54) is 5.56 Å². The van der Waals surface area contributed by atoms with Crippen LogP contribution in [0.25, 0.3) is 28.2 Å². The Labute approximate surface area is 155 Å². The Kier molecular flexibility index (Phi) is 3.64. The van der Waals surface area contributed by atoms with Gasteiger partial charge in [-0.25, -0.2) is 9.97 Å². The van der Waals surface area contributed by atoms with Crippen molar-refractivity contribution in [2.45, 2.75) is 13.0 Å². The van der Waals surface area contributed by atoms with E-state index in [0.717, 1.165) is 28.8 Å². The molecular formula is C22H16N4O. The molecule has 0 fully saturated rings. The summed E-state index contributed by atoms with van der Waals surface area (Å²) in [4.78, 5) is 25.6. The van der Waals surface area contributed by atoms with Crippen molar-refractivity contribution < 1.29 is 0 Å². The SMILES string of the molecule is O=c1c2ncccc2ncn1Cc1ccc(-c2cnc3c(c2)C=CC3)cc1. The first-order valence-corrected chi connectivity index (χ1v) is 8.83. The summed E-state index contributed by atoms with van der Waals surface area (Å²) in [6.07, 6.45) is 10.3. The summed E-state index contributed by atoms with van der Waals surface area (Å²) in [5, 5.41) is 0. The number of aromatic nitrogens is 4. The molecule has 130 valence electrons. The fraction of sp³-hybridized carbons (Fsp3) is 0.0909. The van der Waals surface area contributed by atoms with Crippen LogP contribution in [0.4, 0.5) is 0 Å². The standard InChI is InChI=1S/C22H16N4O/c27-22-21-20(5-2-10-23-21)25-14-26(22)13-15-6-8-16(9-7-15)18-11-17-3-1-4-19(17)24-12-18/h1-3,5-12,14H,4,13H2. The van der Waals surface area contributed by atoms with Crippen LogP contribution in [0.1, 0.15) is 16.8 Å². The number of fused-ring (bicyclic) bond motifs is 2. The highest BCUT2D eigenvalue weighted by Crippen LogP contribution is 2.25. The maximum Gasteiger partial charge on any atom is 0.280 e. The lowest BCUT2D eigenvalue weighted by Crippen LogP contribution is -2.21. The highest BCUT2D eigenvalue weighted by atomic mass is 16.1. The molecule has 0 spiro atoms. The Morgan fingerprint density at radius 3 is 2.78 bits per heavy atom. The maximum absolute atomic E-state index is 12.6. The second-order valence-electron chi connectivity index (χ2n) is 6.61. The van der Waals surface area contributed by atoms with Gasteiger partial charge in [-0.15, -0.1) is 0 Å². The van der Waals surface area contributed by atoms with Gasteiger partial charge in [-0.3, -0.25) is 14.3 Å². The van der Waals surface area contributed by atoms with Crippen LogP contribution in [0.3, 0.4) is 0 Å². The Morgan fingerprint density at radius 2 is 1.89 bits per heavy atom. The van der Waals surface area contributed by atoms with E-state index < -0.39 is 0 Å². The molecule has 0 unspecified atom stereocenters. The monoisotopic (exact) mass is 352 g/mol. The zero-order chi connectivity index (χ0) is 18.2. The Bertz CT molecular complexity index is 1240. The van der Waals surface area contributed by atoms with Crippen molar-refractivity contribution in [1.29, 1.82) is 0 Å². The van der Waals surface area contributed by atoms with Crippen molar-refractivity contribution in [3.05, 3.63) is 94.4 Å². The number of benzene rings is 1. The average molecular weight is 352 g/mol. The van der Waals surface area contributed by atoms with Gasteiger partial charge in [0.15, 0.2) is 5.52 Å². The summed E-state index contributed by atoms with van der Waals surface area (Å²) >= 11 is 0. The smallest absolute Gasteiger partial charge is 0.280 e. The molecule has 3 heterocycles. The minimum Gasteiger partial charge on any atom is -0.293 e. The lowest BCUT2D eigenvalue weighted by atomic mass is 10.0. The molecule has 0 amide bonds. The van der Waals surface area contributed by atoms with Crippen LogP contribution in [0.2, 0.25) is 0 Å². The lowest BCUT2D eigenvalue weighted by molar-refractivity contribution is 0.746. The molecule has 0 saturated carbocycles. The van der Waals surface area contributed by atoms with Crippen molar-refractivity contribution in [3.63, 3.8) is 0 Å². The second kappa shape index (κ2) is 6.29. The first-order chi connectivity index (χ1) is 13.3. The largest absolute Gasteiger partial charge is 0.293 e. The van der Waals surface area contributed by atoms with Crippen LogP contribution in [-0.2, 0) is 13.0 Å². The van der Waals surface area contributed by atoms with Crippen molar-refractivity contribution in [3.8, 4) is 11.1 Å². The van der Waals surface area contributed by atoms with Crippen LogP contribution in [0.15, 0.2) is 72.1 Å². The van der Waals surface area contributed by atoms with Crippen molar-refractivity contribution >= 4 is 17.1 Å². The third kappa shape index (κ3) is 2.83. The van der Waals surface area contributed by atoms with Gasteiger partial charge in [-0.2, -0.15) is 0 Å². The van der Waals surface area contributed by atoms with E-state index in [-0.39, 0.29) is 5.56 Å². The molecule has 5 heteroatoms. The summed E-state index contributed by atoms with van der Waals surface area (Å²) < 4.78 is 1.59. The predicted molar refractivity (Wildman–Crippen MR) is 105 cm³/mol. The molecule has 0 atom stereocenters. The Morgan fingerprint density at radius 1 is 1.00 bits per heavy atom. The molecule has 1 aliphatic carbocycles. The molecule has 0 aliphatic heterocycles. The second-order valence-corrected chi connectivity index (χ2v) is 6.61. The quantitative estimate of drug-likeness (QED) is 0.566. The number of pyridine rings is 2. The highest BCUT2D eigenvalue weighted by Gasteiger charge is 2.09. The molecule has 1 aromatic carbocycles. The number of allylic oxidation sites excluding steroid dienone is 1. The molecule has 1 aliphatic rings. The summed E-state index contributed by atoms with van der Waals surface area (Å²) in [6, 6.07) is 13.9. The topological polar surface area (TPSA) is 60.7 Å².